The molecule has 7 nitrogen and oxygen atoms in total. The second-order valence-electron chi connectivity index (χ2n) is 6.68. The Bertz CT molecular complexity index is 974. The molecular formula is C20H22BrN3O4S. The maximum atomic E-state index is 12.7. The maximum Gasteiger partial charge on any atom is 0.243 e. The molecule has 1 fully saturated rings. The first kappa shape index (κ1) is 21.5. The van der Waals surface area contributed by atoms with Gasteiger partial charge in [0.2, 0.25) is 21.8 Å². The quantitative estimate of drug-likeness (QED) is 0.682. The second-order valence-corrected chi connectivity index (χ2v) is 9.53. The number of hydrogen-bond donors (Lipinski definition) is 1. The lowest BCUT2D eigenvalue weighted by Gasteiger charge is -2.34. The zero-order chi connectivity index (χ0) is 20.9. The molecule has 2 aromatic carbocycles. The number of benzene rings is 2. The number of nitrogens with zero attached hydrogens (tertiary/aromatic N) is 2. The van der Waals surface area contributed by atoms with Crippen LogP contribution in [0.25, 0.3) is 0 Å². The van der Waals surface area contributed by atoms with Gasteiger partial charge in [0.05, 0.1) is 17.9 Å². The molecule has 1 saturated heterocycles. The summed E-state index contributed by atoms with van der Waals surface area (Å²) in [5.74, 6) is -0.439. The Morgan fingerprint density at radius 3 is 2.31 bits per heavy atom. The maximum absolute atomic E-state index is 12.7. The summed E-state index contributed by atoms with van der Waals surface area (Å²) in [7, 11) is -3.60. The number of carbonyl (C=O) groups is 2. The molecule has 0 bridgehead atoms. The monoisotopic (exact) mass is 479 g/mol. The number of hydrogen-bond acceptors (Lipinski definition) is 4. The van der Waals surface area contributed by atoms with E-state index in [1.54, 1.807) is 29.2 Å². The largest absolute Gasteiger partial charge is 0.347 e. The lowest BCUT2D eigenvalue weighted by molar-refractivity contribution is -0.133. The minimum Gasteiger partial charge on any atom is -0.347 e. The van der Waals surface area contributed by atoms with E-state index >= 15 is 0 Å². The van der Waals surface area contributed by atoms with Gasteiger partial charge in [-0.05, 0) is 23.8 Å². The number of rotatable bonds is 6. The number of nitrogens with one attached hydrogen (secondary N) is 1. The molecule has 2 amide bonds. The van der Waals surface area contributed by atoms with E-state index < -0.39 is 10.0 Å². The number of halogens is 1. The third-order valence-electron chi connectivity index (χ3n) is 4.67. The minimum atomic E-state index is -3.60. The van der Waals surface area contributed by atoms with Crippen molar-refractivity contribution >= 4 is 37.8 Å². The predicted molar refractivity (Wildman–Crippen MR) is 113 cm³/mol. The van der Waals surface area contributed by atoms with Gasteiger partial charge >= 0.3 is 0 Å². The molecule has 1 aliphatic rings. The van der Waals surface area contributed by atoms with Crippen molar-refractivity contribution < 1.29 is 18.0 Å². The average molecular weight is 480 g/mol. The number of amides is 2. The third kappa shape index (κ3) is 5.65. The first-order valence-electron chi connectivity index (χ1n) is 9.20. The van der Waals surface area contributed by atoms with E-state index in [0.29, 0.717) is 17.6 Å². The fourth-order valence-electron chi connectivity index (χ4n) is 3.08. The second kappa shape index (κ2) is 9.51. The molecule has 0 radical (unpaired) electrons. The molecule has 29 heavy (non-hydrogen) atoms. The predicted octanol–water partition coefficient (Wildman–Crippen LogP) is 1.64. The average Bonchev–Trinajstić information content (AvgIpc) is 2.73. The first-order valence-corrected chi connectivity index (χ1v) is 11.4. The van der Waals surface area contributed by atoms with Gasteiger partial charge in [-0.1, -0.05) is 52.3 Å². The van der Waals surface area contributed by atoms with Crippen LogP contribution in [0.2, 0.25) is 0 Å². The zero-order valence-electron chi connectivity index (χ0n) is 15.8. The molecule has 2 aromatic rings. The van der Waals surface area contributed by atoms with Gasteiger partial charge in [-0.2, -0.15) is 4.31 Å². The van der Waals surface area contributed by atoms with Crippen molar-refractivity contribution in [1.82, 2.24) is 14.5 Å². The smallest absolute Gasteiger partial charge is 0.243 e. The van der Waals surface area contributed by atoms with E-state index in [4.69, 9.17) is 0 Å². The summed E-state index contributed by atoms with van der Waals surface area (Å²) in [6, 6.07) is 15.9. The van der Waals surface area contributed by atoms with Crippen LogP contribution in [0, 0.1) is 0 Å². The van der Waals surface area contributed by atoms with Crippen molar-refractivity contribution in [3.05, 3.63) is 64.6 Å². The SMILES string of the molecule is O=C(Cc1ccccc1)NCC(=O)N1CCN(S(=O)(=O)c2cccc(Br)c2)CC1. The molecule has 0 aromatic heterocycles. The summed E-state index contributed by atoms with van der Waals surface area (Å²) in [5.41, 5.74) is 0.879. The third-order valence-corrected chi connectivity index (χ3v) is 7.06. The Morgan fingerprint density at radius 1 is 0.966 bits per heavy atom. The van der Waals surface area contributed by atoms with Crippen LogP contribution in [0.5, 0.6) is 0 Å². The molecule has 0 spiro atoms. The van der Waals surface area contributed by atoms with E-state index in [1.165, 1.54) is 4.31 Å². The zero-order valence-corrected chi connectivity index (χ0v) is 18.2. The molecule has 1 heterocycles. The summed E-state index contributed by atoms with van der Waals surface area (Å²) in [6.07, 6.45) is 0.215. The van der Waals surface area contributed by atoms with E-state index in [0.717, 1.165) is 5.56 Å². The summed E-state index contributed by atoms with van der Waals surface area (Å²) < 4.78 is 27.6. The van der Waals surface area contributed by atoms with Crippen LogP contribution in [0.1, 0.15) is 5.56 Å². The van der Waals surface area contributed by atoms with Gasteiger partial charge in [-0.25, -0.2) is 8.42 Å². The van der Waals surface area contributed by atoms with Crippen LogP contribution >= 0.6 is 15.9 Å². The van der Waals surface area contributed by atoms with E-state index in [-0.39, 0.29) is 42.8 Å². The molecule has 1 aliphatic heterocycles. The van der Waals surface area contributed by atoms with Crippen molar-refractivity contribution in [3.8, 4) is 0 Å². The topological polar surface area (TPSA) is 86.8 Å². The standard InChI is InChI=1S/C20H22BrN3O4S/c21-17-7-4-8-18(14-17)29(27,28)24-11-9-23(10-12-24)20(26)15-22-19(25)13-16-5-2-1-3-6-16/h1-8,14H,9-13,15H2,(H,22,25). The fourth-order valence-corrected chi connectivity index (χ4v) is 5.10. The first-order chi connectivity index (χ1) is 13.9. The molecular weight excluding hydrogens is 458 g/mol. The molecule has 1 N–H and O–H groups in total. The van der Waals surface area contributed by atoms with Crippen LogP contribution in [-0.2, 0) is 26.0 Å². The van der Waals surface area contributed by atoms with Crippen LogP contribution in [-0.4, -0.2) is 62.2 Å². The highest BCUT2D eigenvalue weighted by molar-refractivity contribution is 9.10. The lowest BCUT2D eigenvalue weighted by atomic mass is 10.1. The van der Waals surface area contributed by atoms with E-state index in [9.17, 15) is 18.0 Å². The summed E-state index contributed by atoms with van der Waals surface area (Å²) in [4.78, 5) is 26.2. The van der Waals surface area contributed by atoms with Gasteiger partial charge in [0.15, 0.2) is 0 Å². The fraction of sp³-hybridized carbons (Fsp3) is 0.300. The summed E-state index contributed by atoms with van der Waals surface area (Å²) in [5, 5.41) is 2.63. The Balaban J connectivity index is 1.48. The van der Waals surface area contributed by atoms with Crippen molar-refractivity contribution in [2.75, 3.05) is 32.7 Å². The molecule has 154 valence electrons. The van der Waals surface area contributed by atoms with Gasteiger partial charge in [0.25, 0.3) is 0 Å². The van der Waals surface area contributed by atoms with Gasteiger partial charge in [0.1, 0.15) is 0 Å². The molecule has 3 rings (SSSR count). The minimum absolute atomic E-state index is 0.0932. The number of carbonyl (C=O) groups excluding carboxylic acids is 2. The van der Waals surface area contributed by atoms with Crippen molar-refractivity contribution in [1.29, 1.82) is 0 Å². The van der Waals surface area contributed by atoms with E-state index in [2.05, 4.69) is 21.2 Å². The molecule has 9 heteroatoms. The van der Waals surface area contributed by atoms with Crippen molar-refractivity contribution in [3.63, 3.8) is 0 Å². The van der Waals surface area contributed by atoms with Crippen LogP contribution in [0.3, 0.4) is 0 Å². The van der Waals surface area contributed by atoms with Gasteiger partial charge in [-0.3, -0.25) is 9.59 Å². The van der Waals surface area contributed by atoms with Crippen LogP contribution in [0.4, 0.5) is 0 Å². The highest BCUT2D eigenvalue weighted by Gasteiger charge is 2.30. The van der Waals surface area contributed by atoms with Crippen molar-refractivity contribution in [2.45, 2.75) is 11.3 Å². The lowest BCUT2D eigenvalue weighted by Crippen LogP contribution is -2.52. The van der Waals surface area contributed by atoms with Gasteiger partial charge in [-0.15, -0.1) is 0 Å². The van der Waals surface area contributed by atoms with Gasteiger partial charge in [0, 0.05) is 30.7 Å². The molecule has 0 atom stereocenters. The summed E-state index contributed by atoms with van der Waals surface area (Å²) in [6.45, 7) is 0.933. The Morgan fingerprint density at radius 2 is 1.66 bits per heavy atom. The Labute approximate surface area is 178 Å². The van der Waals surface area contributed by atoms with Crippen molar-refractivity contribution in [2.24, 2.45) is 0 Å². The highest BCUT2D eigenvalue weighted by Crippen LogP contribution is 2.21. The molecule has 0 unspecified atom stereocenters. The Hall–Kier alpha value is -2.23. The molecule has 0 aliphatic carbocycles. The van der Waals surface area contributed by atoms with Gasteiger partial charge < -0.3 is 10.2 Å². The normalized spacial score (nSPS) is 15.1. The Kier molecular flexibility index (Phi) is 7.05. The number of piperazine rings is 1. The van der Waals surface area contributed by atoms with E-state index in [1.807, 2.05) is 30.3 Å². The number of sulfonamides is 1. The van der Waals surface area contributed by atoms with Crippen LogP contribution < -0.4 is 5.32 Å². The highest BCUT2D eigenvalue weighted by atomic mass is 79.9. The summed E-state index contributed by atoms with van der Waals surface area (Å²) >= 11 is 3.29. The molecule has 0 saturated carbocycles. The van der Waals surface area contributed by atoms with Crippen LogP contribution in [0.15, 0.2) is 64.0 Å².